The third-order valence-electron chi connectivity index (χ3n) is 5.10. The fraction of sp³-hybridized carbons (Fsp3) is 0.600. The average molecular weight is 300 g/mol. The van der Waals surface area contributed by atoms with Gasteiger partial charge in [0.15, 0.2) is 5.65 Å². The maximum Gasteiger partial charge on any atom is 0.227 e. The molecule has 0 aliphatic carbocycles. The van der Waals surface area contributed by atoms with Crippen molar-refractivity contribution >= 4 is 17.1 Å². The maximum atomic E-state index is 6.35. The van der Waals surface area contributed by atoms with E-state index < -0.39 is 0 Å². The Morgan fingerprint density at radius 1 is 1.23 bits per heavy atom. The van der Waals surface area contributed by atoms with E-state index >= 15 is 0 Å². The summed E-state index contributed by atoms with van der Waals surface area (Å²) in [7, 11) is 0. The highest BCUT2D eigenvalue weighted by Gasteiger charge is 2.47. The van der Waals surface area contributed by atoms with Gasteiger partial charge < -0.3 is 15.4 Å². The molecule has 7 heteroatoms. The largest absolute Gasteiger partial charge is 0.376 e. The van der Waals surface area contributed by atoms with Crippen molar-refractivity contribution < 1.29 is 4.74 Å². The molecule has 4 heterocycles. The van der Waals surface area contributed by atoms with Crippen LogP contribution >= 0.6 is 0 Å². The minimum absolute atomic E-state index is 0.118. The van der Waals surface area contributed by atoms with E-state index in [-0.39, 0.29) is 17.6 Å². The predicted molar refractivity (Wildman–Crippen MR) is 82.4 cm³/mol. The number of anilines is 1. The zero-order valence-corrected chi connectivity index (χ0v) is 12.6. The number of nitrogens with two attached hydrogens (primary N) is 1. The Morgan fingerprint density at radius 3 is 2.73 bits per heavy atom. The van der Waals surface area contributed by atoms with Crippen molar-refractivity contribution in [3.05, 3.63) is 18.6 Å². The van der Waals surface area contributed by atoms with E-state index in [1.807, 2.05) is 0 Å². The van der Waals surface area contributed by atoms with Gasteiger partial charge in [-0.25, -0.2) is 15.0 Å². The second-order valence-corrected chi connectivity index (χ2v) is 6.33. The van der Waals surface area contributed by atoms with Gasteiger partial charge >= 0.3 is 0 Å². The van der Waals surface area contributed by atoms with E-state index in [1.165, 1.54) is 0 Å². The predicted octanol–water partition coefficient (Wildman–Crippen LogP) is 0.752. The van der Waals surface area contributed by atoms with Gasteiger partial charge in [-0.15, -0.1) is 0 Å². The van der Waals surface area contributed by atoms with Crippen LogP contribution in [0.25, 0.3) is 11.2 Å². The maximum absolute atomic E-state index is 6.35. The fourth-order valence-corrected chi connectivity index (χ4v) is 3.54. The molecule has 2 aromatic heterocycles. The van der Waals surface area contributed by atoms with Crippen LogP contribution in [0.2, 0.25) is 0 Å². The van der Waals surface area contributed by atoms with Crippen LogP contribution in [0.15, 0.2) is 18.6 Å². The first-order valence-corrected chi connectivity index (χ1v) is 7.74. The van der Waals surface area contributed by atoms with Gasteiger partial charge in [0.25, 0.3) is 0 Å². The summed E-state index contributed by atoms with van der Waals surface area (Å²) in [5, 5.41) is 0. The molecule has 2 aliphatic rings. The molecule has 0 saturated carbocycles. The monoisotopic (exact) mass is 300 g/mol. The lowest BCUT2D eigenvalue weighted by molar-refractivity contribution is 0.0973. The van der Waals surface area contributed by atoms with Gasteiger partial charge in [0.05, 0.1) is 18.9 Å². The lowest BCUT2D eigenvalue weighted by Gasteiger charge is -2.41. The first-order chi connectivity index (χ1) is 10.7. The Labute approximate surface area is 128 Å². The lowest BCUT2D eigenvalue weighted by atomic mass is 9.73. The molecule has 2 fully saturated rings. The molecule has 0 bridgehead atoms. The number of fused-ring (bicyclic) bond motifs is 1. The van der Waals surface area contributed by atoms with E-state index in [1.54, 1.807) is 18.6 Å². The first-order valence-electron chi connectivity index (χ1n) is 7.74. The lowest BCUT2D eigenvalue weighted by Crippen LogP contribution is -2.50. The third-order valence-corrected chi connectivity index (χ3v) is 5.10. The Hall–Kier alpha value is -1.86. The average Bonchev–Trinajstić information content (AvgIpc) is 2.84. The molecule has 22 heavy (non-hydrogen) atoms. The normalized spacial score (nSPS) is 27.6. The van der Waals surface area contributed by atoms with E-state index in [0.29, 0.717) is 5.65 Å². The molecule has 0 radical (unpaired) electrons. The second-order valence-electron chi connectivity index (χ2n) is 6.33. The van der Waals surface area contributed by atoms with Crippen molar-refractivity contribution in [2.75, 3.05) is 24.6 Å². The van der Waals surface area contributed by atoms with Crippen LogP contribution in [0.3, 0.4) is 0 Å². The number of aromatic nitrogens is 4. The van der Waals surface area contributed by atoms with Crippen molar-refractivity contribution in [2.24, 2.45) is 11.1 Å². The molecule has 7 nitrogen and oxygen atoms in total. The molecule has 2 saturated heterocycles. The number of piperidine rings is 1. The highest BCUT2D eigenvalue weighted by molar-refractivity contribution is 5.69. The Bertz CT molecular complexity index is 685. The molecule has 1 spiro atoms. The smallest absolute Gasteiger partial charge is 0.227 e. The molecule has 2 aliphatic heterocycles. The summed E-state index contributed by atoms with van der Waals surface area (Å²) >= 11 is 0. The molecule has 4 rings (SSSR count). The third kappa shape index (κ3) is 2.12. The number of nitrogens with zero attached hydrogens (tertiary/aromatic N) is 5. The summed E-state index contributed by atoms with van der Waals surface area (Å²) in [5.41, 5.74) is 7.83. The highest BCUT2D eigenvalue weighted by atomic mass is 16.5. The van der Waals surface area contributed by atoms with Crippen LogP contribution in [-0.4, -0.2) is 51.8 Å². The van der Waals surface area contributed by atoms with Crippen LogP contribution in [0.5, 0.6) is 0 Å². The Morgan fingerprint density at radius 2 is 2.00 bits per heavy atom. The first kappa shape index (κ1) is 13.8. The number of hydrogen-bond acceptors (Lipinski definition) is 7. The van der Waals surface area contributed by atoms with E-state index in [0.717, 1.165) is 44.0 Å². The van der Waals surface area contributed by atoms with Crippen LogP contribution in [0.1, 0.15) is 19.8 Å². The van der Waals surface area contributed by atoms with Gasteiger partial charge in [0, 0.05) is 36.9 Å². The molecule has 2 aromatic rings. The zero-order valence-electron chi connectivity index (χ0n) is 12.6. The van der Waals surface area contributed by atoms with Gasteiger partial charge in [-0.2, -0.15) is 4.98 Å². The van der Waals surface area contributed by atoms with Crippen molar-refractivity contribution in [3.63, 3.8) is 0 Å². The van der Waals surface area contributed by atoms with Crippen LogP contribution in [0, 0.1) is 5.41 Å². The number of ether oxygens (including phenoxy) is 1. The quantitative estimate of drug-likeness (QED) is 0.831. The number of rotatable bonds is 1. The molecular formula is C15H20N6O. The molecule has 0 aromatic carbocycles. The van der Waals surface area contributed by atoms with Crippen molar-refractivity contribution in [3.8, 4) is 0 Å². The molecule has 0 amide bonds. The number of hydrogen-bond donors (Lipinski definition) is 1. The highest BCUT2D eigenvalue weighted by Crippen LogP contribution is 2.41. The van der Waals surface area contributed by atoms with Gasteiger partial charge in [0.2, 0.25) is 5.95 Å². The van der Waals surface area contributed by atoms with Crippen LogP contribution < -0.4 is 10.6 Å². The summed E-state index contributed by atoms with van der Waals surface area (Å²) in [6, 6.07) is 0.123. The molecular weight excluding hydrogens is 280 g/mol. The Balaban J connectivity index is 1.53. The molecule has 0 unspecified atom stereocenters. The SMILES string of the molecule is C[C@@H]1OCC2(CCN(c3ncc4nccnc4n3)CC2)[C@@H]1N. The minimum atomic E-state index is 0.118. The van der Waals surface area contributed by atoms with Gasteiger partial charge in [-0.1, -0.05) is 0 Å². The van der Waals surface area contributed by atoms with Crippen molar-refractivity contribution in [1.82, 2.24) is 19.9 Å². The molecule has 2 atom stereocenters. The molecule has 2 N–H and O–H groups in total. The van der Waals surface area contributed by atoms with E-state index in [9.17, 15) is 0 Å². The van der Waals surface area contributed by atoms with E-state index in [4.69, 9.17) is 10.5 Å². The van der Waals surface area contributed by atoms with E-state index in [2.05, 4.69) is 31.8 Å². The summed E-state index contributed by atoms with van der Waals surface area (Å²) in [6.07, 6.45) is 7.22. The summed E-state index contributed by atoms with van der Waals surface area (Å²) in [6.45, 7) is 4.63. The van der Waals surface area contributed by atoms with Gasteiger partial charge in [-0.05, 0) is 19.8 Å². The fourth-order valence-electron chi connectivity index (χ4n) is 3.54. The summed E-state index contributed by atoms with van der Waals surface area (Å²) < 4.78 is 5.76. The van der Waals surface area contributed by atoms with Gasteiger partial charge in [-0.3, -0.25) is 0 Å². The van der Waals surface area contributed by atoms with Crippen LogP contribution in [-0.2, 0) is 4.74 Å². The summed E-state index contributed by atoms with van der Waals surface area (Å²) in [5.74, 6) is 0.725. The van der Waals surface area contributed by atoms with Crippen LogP contribution in [0.4, 0.5) is 5.95 Å². The summed E-state index contributed by atoms with van der Waals surface area (Å²) in [4.78, 5) is 19.6. The van der Waals surface area contributed by atoms with Crippen molar-refractivity contribution in [1.29, 1.82) is 0 Å². The Kier molecular flexibility index (Phi) is 3.19. The van der Waals surface area contributed by atoms with Gasteiger partial charge in [0.1, 0.15) is 5.52 Å². The minimum Gasteiger partial charge on any atom is -0.376 e. The molecule has 116 valence electrons. The zero-order chi connectivity index (χ0) is 15.2. The van der Waals surface area contributed by atoms with Crippen molar-refractivity contribution in [2.45, 2.75) is 31.9 Å². The standard InChI is InChI=1S/C15H20N6O/c1-10-12(16)15(9-22-10)2-6-21(7-3-15)14-19-8-11-13(20-14)18-5-4-17-11/h4-5,8,10,12H,2-3,6-7,9,16H2,1H3/t10-,12+/m0/s1. The second kappa shape index (κ2) is 5.10. The topological polar surface area (TPSA) is 90.0 Å².